The summed E-state index contributed by atoms with van der Waals surface area (Å²) >= 11 is 0. The minimum Gasteiger partial charge on any atom is -0.423 e. The van der Waals surface area contributed by atoms with E-state index in [1.807, 2.05) is 6.07 Å². The average Bonchev–Trinajstić information content (AvgIpc) is 2.48. The maximum Gasteiger partial charge on any atom is 0.491 e. The maximum absolute atomic E-state index is 12.5. The van der Waals surface area contributed by atoms with E-state index in [1.54, 1.807) is 43.3 Å². The molecular formula is C15H16BNO4S. The molecule has 0 bridgehead atoms. The van der Waals surface area contributed by atoms with Crippen LogP contribution in [0.5, 0.6) is 0 Å². The van der Waals surface area contributed by atoms with Crippen LogP contribution in [0, 0.1) is 6.92 Å². The number of hydrogen-bond acceptors (Lipinski definition) is 4. The Balaban J connectivity index is 1.93. The summed E-state index contributed by atoms with van der Waals surface area (Å²) in [6.07, 6.45) is 0.706. The van der Waals surface area contributed by atoms with Crippen molar-refractivity contribution in [3.63, 3.8) is 0 Å². The van der Waals surface area contributed by atoms with Gasteiger partial charge in [0.05, 0.1) is 4.90 Å². The van der Waals surface area contributed by atoms with Crippen molar-refractivity contribution in [1.82, 2.24) is 0 Å². The molecule has 0 unspecified atom stereocenters. The summed E-state index contributed by atoms with van der Waals surface area (Å²) in [5, 5.41) is 9.85. The molecule has 2 N–H and O–H groups in total. The molecule has 22 heavy (non-hydrogen) atoms. The first-order valence-electron chi connectivity index (χ1n) is 6.98. The molecule has 0 aromatic heterocycles. The van der Waals surface area contributed by atoms with E-state index < -0.39 is 17.1 Å². The Labute approximate surface area is 130 Å². The number of benzene rings is 2. The molecule has 0 aliphatic carbocycles. The van der Waals surface area contributed by atoms with Gasteiger partial charge in [0.1, 0.15) is 0 Å². The molecule has 0 radical (unpaired) electrons. The molecule has 0 spiro atoms. The maximum atomic E-state index is 12.5. The minimum atomic E-state index is -3.66. The zero-order valence-electron chi connectivity index (χ0n) is 12.1. The predicted octanol–water partition coefficient (Wildman–Crippen LogP) is 1.06. The standard InChI is InChI=1S/C15H16BNO4S/c1-11-4-2-3-5-15(11)22(19,20)17-13-7-6-12-8-9-21-16(18)14(12)10-13/h2-7,10,17-18H,8-9H2,1H3. The molecule has 0 amide bonds. The number of anilines is 1. The fraction of sp³-hybridized carbons (Fsp3) is 0.200. The summed E-state index contributed by atoms with van der Waals surface area (Å²) in [5.41, 5.74) is 2.66. The Morgan fingerprint density at radius 3 is 2.77 bits per heavy atom. The van der Waals surface area contributed by atoms with Crippen LogP contribution in [-0.4, -0.2) is 27.2 Å². The van der Waals surface area contributed by atoms with E-state index >= 15 is 0 Å². The summed E-state index contributed by atoms with van der Waals surface area (Å²) in [6.45, 7) is 2.21. The van der Waals surface area contributed by atoms with Gasteiger partial charge in [0.25, 0.3) is 10.0 Å². The number of rotatable bonds is 3. The normalized spacial score (nSPS) is 14.5. The third kappa shape index (κ3) is 2.88. The summed E-state index contributed by atoms with van der Waals surface area (Å²) in [4.78, 5) is 0.240. The quantitative estimate of drug-likeness (QED) is 0.830. The van der Waals surface area contributed by atoms with Crippen molar-refractivity contribution in [3.05, 3.63) is 53.6 Å². The van der Waals surface area contributed by atoms with Crippen LogP contribution in [0.1, 0.15) is 11.1 Å². The fourth-order valence-electron chi connectivity index (χ4n) is 2.55. The molecule has 0 saturated carbocycles. The molecule has 7 heteroatoms. The van der Waals surface area contributed by atoms with Crippen molar-refractivity contribution in [2.45, 2.75) is 18.2 Å². The first-order valence-corrected chi connectivity index (χ1v) is 8.46. The van der Waals surface area contributed by atoms with Gasteiger partial charge in [-0.25, -0.2) is 8.42 Å². The highest BCUT2D eigenvalue weighted by Gasteiger charge is 2.25. The third-order valence-corrected chi connectivity index (χ3v) is 5.24. The highest BCUT2D eigenvalue weighted by molar-refractivity contribution is 7.92. The van der Waals surface area contributed by atoms with Crippen LogP contribution in [0.4, 0.5) is 5.69 Å². The predicted molar refractivity (Wildman–Crippen MR) is 85.7 cm³/mol. The lowest BCUT2D eigenvalue weighted by molar-refractivity contribution is 0.266. The topological polar surface area (TPSA) is 75.6 Å². The first kappa shape index (κ1) is 15.1. The summed E-state index contributed by atoms with van der Waals surface area (Å²) in [6, 6.07) is 11.9. The van der Waals surface area contributed by atoms with Gasteiger partial charge in [0.15, 0.2) is 0 Å². The lowest BCUT2D eigenvalue weighted by Gasteiger charge is -2.20. The first-order chi connectivity index (χ1) is 10.5. The van der Waals surface area contributed by atoms with E-state index in [-0.39, 0.29) is 4.90 Å². The lowest BCUT2D eigenvalue weighted by atomic mass is 9.73. The monoisotopic (exact) mass is 317 g/mol. The van der Waals surface area contributed by atoms with Gasteiger partial charge in [-0.1, -0.05) is 24.3 Å². The summed E-state index contributed by atoms with van der Waals surface area (Å²) < 4.78 is 32.7. The van der Waals surface area contributed by atoms with Crippen LogP contribution in [0.25, 0.3) is 0 Å². The van der Waals surface area contributed by atoms with Gasteiger partial charge in [-0.3, -0.25) is 4.72 Å². The SMILES string of the molecule is Cc1ccccc1S(=O)(=O)Nc1ccc2c(c1)B(O)OCC2. The van der Waals surface area contributed by atoms with E-state index in [2.05, 4.69) is 4.72 Å². The lowest BCUT2D eigenvalue weighted by Crippen LogP contribution is -2.41. The number of hydrogen-bond donors (Lipinski definition) is 2. The van der Waals surface area contributed by atoms with Gasteiger partial charge < -0.3 is 9.68 Å². The van der Waals surface area contributed by atoms with Crippen LogP contribution in [-0.2, 0) is 21.1 Å². The smallest absolute Gasteiger partial charge is 0.423 e. The van der Waals surface area contributed by atoms with Gasteiger partial charge in [0.2, 0.25) is 0 Å². The van der Waals surface area contributed by atoms with E-state index in [1.165, 1.54) is 0 Å². The fourth-order valence-corrected chi connectivity index (χ4v) is 3.85. The molecule has 2 aromatic rings. The Kier molecular flexibility index (Phi) is 3.95. The molecule has 0 saturated heterocycles. The van der Waals surface area contributed by atoms with Crippen molar-refractivity contribution in [2.75, 3.05) is 11.3 Å². The number of sulfonamides is 1. The number of aryl methyl sites for hydroxylation is 1. The molecule has 2 aromatic carbocycles. The van der Waals surface area contributed by atoms with Crippen molar-refractivity contribution in [2.24, 2.45) is 0 Å². The number of fused-ring (bicyclic) bond motifs is 1. The molecule has 1 aliphatic heterocycles. The van der Waals surface area contributed by atoms with Crippen LogP contribution in [0.3, 0.4) is 0 Å². The van der Waals surface area contributed by atoms with Gasteiger partial charge in [0, 0.05) is 12.3 Å². The second-order valence-corrected chi connectivity index (χ2v) is 6.91. The third-order valence-electron chi connectivity index (χ3n) is 3.69. The molecule has 1 heterocycles. The second kappa shape index (κ2) is 5.76. The van der Waals surface area contributed by atoms with Crippen molar-refractivity contribution in [3.8, 4) is 0 Å². The highest BCUT2D eigenvalue weighted by atomic mass is 32.2. The minimum absolute atomic E-state index is 0.240. The Hall–Kier alpha value is -1.83. The molecule has 3 rings (SSSR count). The Morgan fingerprint density at radius 2 is 2.00 bits per heavy atom. The summed E-state index contributed by atoms with van der Waals surface area (Å²) in [7, 11) is -4.67. The van der Waals surface area contributed by atoms with Gasteiger partial charge in [-0.05, 0) is 48.1 Å². The van der Waals surface area contributed by atoms with Crippen LogP contribution >= 0.6 is 0 Å². The number of nitrogens with one attached hydrogen (secondary N) is 1. The van der Waals surface area contributed by atoms with Crippen LogP contribution < -0.4 is 10.2 Å². The largest absolute Gasteiger partial charge is 0.491 e. The van der Waals surface area contributed by atoms with Crippen LogP contribution in [0.15, 0.2) is 47.4 Å². The van der Waals surface area contributed by atoms with Crippen molar-refractivity contribution >= 4 is 28.3 Å². The van der Waals surface area contributed by atoms with E-state index in [0.29, 0.717) is 29.7 Å². The zero-order chi connectivity index (χ0) is 15.7. The molecular weight excluding hydrogens is 301 g/mol. The summed E-state index contributed by atoms with van der Waals surface area (Å²) in [5.74, 6) is 0. The van der Waals surface area contributed by atoms with Crippen LogP contribution in [0.2, 0.25) is 0 Å². The Bertz CT molecular complexity index is 807. The van der Waals surface area contributed by atoms with Gasteiger partial charge in [-0.15, -0.1) is 0 Å². The highest BCUT2D eigenvalue weighted by Crippen LogP contribution is 2.20. The van der Waals surface area contributed by atoms with Crippen molar-refractivity contribution in [1.29, 1.82) is 0 Å². The van der Waals surface area contributed by atoms with E-state index in [4.69, 9.17) is 4.65 Å². The van der Waals surface area contributed by atoms with E-state index in [9.17, 15) is 13.4 Å². The Morgan fingerprint density at radius 1 is 1.23 bits per heavy atom. The zero-order valence-corrected chi connectivity index (χ0v) is 12.9. The second-order valence-electron chi connectivity index (χ2n) is 5.26. The van der Waals surface area contributed by atoms with E-state index in [0.717, 1.165) is 5.56 Å². The molecule has 114 valence electrons. The molecule has 0 fully saturated rings. The molecule has 0 atom stereocenters. The van der Waals surface area contributed by atoms with Gasteiger partial charge in [-0.2, -0.15) is 0 Å². The van der Waals surface area contributed by atoms with Crippen molar-refractivity contribution < 1.29 is 18.1 Å². The van der Waals surface area contributed by atoms with Gasteiger partial charge >= 0.3 is 7.12 Å². The molecule has 1 aliphatic rings. The molecule has 5 nitrogen and oxygen atoms in total. The average molecular weight is 317 g/mol.